The number of halogens is 1. The number of fused-ring (bicyclic) bond motifs is 3. The molecule has 21 heavy (non-hydrogen) atoms. The topological polar surface area (TPSA) is 29.5 Å². The Morgan fingerprint density at radius 3 is 2.76 bits per heavy atom. The van der Waals surface area contributed by atoms with Crippen LogP contribution < -0.4 is 0 Å². The lowest BCUT2D eigenvalue weighted by Gasteiger charge is -2.51. The maximum atomic E-state index is 12.5. The second kappa shape index (κ2) is 4.85. The van der Waals surface area contributed by atoms with Crippen molar-refractivity contribution in [2.24, 2.45) is 5.92 Å². The van der Waals surface area contributed by atoms with Gasteiger partial charge in [0, 0.05) is 35.4 Å². The van der Waals surface area contributed by atoms with Gasteiger partial charge in [0.05, 0.1) is 6.61 Å². The Kier molecular flexibility index (Phi) is 3.09. The zero-order valence-corrected chi connectivity index (χ0v) is 12.6. The van der Waals surface area contributed by atoms with Crippen molar-refractivity contribution in [3.63, 3.8) is 0 Å². The average Bonchev–Trinajstić information content (AvgIpc) is 2.87. The summed E-state index contributed by atoms with van der Waals surface area (Å²) in [5, 5.41) is 0.709. The van der Waals surface area contributed by atoms with Gasteiger partial charge in [-0.2, -0.15) is 0 Å². The van der Waals surface area contributed by atoms with Gasteiger partial charge in [-0.1, -0.05) is 35.9 Å². The number of benzene rings is 1. The number of ether oxygens (including phenoxy) is 1. The molecule has 2 saturated heterocycles. The Hall–Kier alpha value is -1.32. The lowest BCUT2D eigenvalue weighted by atomic mass is 9.84. The average molecular weight is 304 g/mol. The third-order valence-corrected chi connectivity index (χ3v) is 5.28. The molecule has 2 heterocycles. The zero-order chi connectivity index (χ0) is 14.4. The molecule has 1 aromatic carbocycles. The smallest absolute Gasteiger partial charge is 0.225 e. The highest BCUT2D eigenvalue weighted by molar-refractivity contribution is 6.30. The van der Waals surface area contributed by atoms with Gasteiger partial charge in [-0.15, -0.1) is 0 Å². The largest absolute Gasteiger partial charge is 0.351 e. The molecule has 0 saturated carbocycles. The SMILES string of the molecule is O=C1CC[C@]2(c3ccc(Cl)cc3)OC[C@H]3CC=CC[C@H]3N12. The van der Waals surface area contributed by atoms with E-state index in [-0.39, 0.29) is 11.9 Å². The van der Waals surface area contributed by atoms with Gasteiger partial charge in [0.1, 0.15) is 0 Å². The summed E-state index contributed by atoms with van der Waals surface area (Å²) in [6.07, 6.45) is 7.65. The summed E-state index contributed by atoms with van der Waals surface area (Å²) in [5.41, 5.74) is 0.472. The minimum Gasteiger partial charge on any atom is -0.351 e. The van der Waals surface area contributed by atoms with Crippen LogP contribution in [0.5, 0.6) is 0 Å². The van der Waals surface area contributed by atoms with E-state index in [1.54, 1.807) is 0 Å². The van der Waals surface area contributed by atoms with Gasteiger partial charge in [-0.25, -0.2) is 0 Å². The number of hydrogen-bond donors (Lipinski definition) is 0. The van der Waals surface area contributed by atoms with E-state index in [2.05, 4.69) is 12.2 Å². The van der Waals surface area contributed by atoms with Gasteiger partial charge in [-0.3, -0.25) is 4.79 Å². The minimum atomic E-state index is -0.575. The van der Waals surface area contributed by atoms with E-state index < -0.39 is 5.72 Å². The third-order valence-electron chi connectivity index (χ3n) is 5.03. The highest BCUT2D eigenvalue weighted by atomic mass is 35.5. The van der Waals surface area contributed by atoms with Gasteiger partial charge in [0.25, 0.3) is 0 Å². The molecule has 0 N–H and O–H groups in total. The molecule has 0 spiro atoms. The normalized spacial score (nSPS) is 34.7. The van der Waals surface area contributed by atoms with Crippen LogP contribution in [0, 0.1) is 5.92 Å². The van der Waals surface area contributed by atoms with E-state index >= 15 is 0 Å². The fourth-order valence-corrected chi connectivity index (χ4v) is 4.11. The Balaban J connectivity index is 1.78. The third kappa shape index (κ3) is 1.95. The van der Waals surface area contributed by atoms with E-state index in [0.717, 1.165) is 31.4 Å². The zero-order valence-electron chi connectivity index (χ0n) is 11.8. The summed E-state index contributed by atoms with van der Waals surface area (Å²) in [7, 11) is 0. The molecule has 1 amide bonds. The number of allylic oxidation sites excluding steroid dienone is 1. The Morgan fingerprint density at radius 2 is 1.95 bits per heavy atom. The first-order valence-electron chi connectivity index (χ1n) is 7.58. The van der Waals surface area contributed by atoms with Crippen LogP contribution in [0.2, 0.25) is 5.02 Å². The molecule has 4 heteroatoms. The van der Waals surface area contributed by atoms with Crippen LogP contribution in [-0.2, 0) is 15.3 Å². The standard InChI is InChI=1S/C17H18ClNO2/c18-14-7-5-13(6-8-14)17-10-9-16(20)19(17)15-4-2-1-3-12(15)11-21-17/h1-2,5-8,12,15H,3-4,9-11H2/t12-,15-,17-/m1/s1. The van der Waals surface area contributed by atoms with Gasteiger partial charge in [-0.05, 0) is 25.0 Å². The van der Waals surface area contributed by atoms with Crippen molar-refractivity contribution in [1.82, 2.24) is 4.90 Å². The van der Waals surface area contributed by atoms with E-state index in [1.165, 1.54) is 0 Å². The second-order valence-corrected chi connectivity index (χ2v) is 6.57. The monoisotopic (exact) mass is 303 g/mol. The minimum absolute atomic E-state index is 0.218. The molecular weight excluding hydrogens is 286 g/mol. The van der Waals surface area contributed by atoms with Gasteiger partial charge >= 0.3 is 0 Å². The quantitative estimate of drug-likeness (QED) is 0.743. The number of nitrogens with zero attached hydrogens (tertiary/aromatic N) is 1. The van der Waals surface area contributed by atoms with Crippen LogP contribution >= 0.6 is 11.6 Å². The number of rotatable bonds is 1. The van der Waals surface area contributed by atoms with Gasteiger partial charge < -0.3 is 9.64 Å². The summed E-state index contributed by atoms with van der Waals surface area (Å²) < 4.78 is 6.28. The molecule has 1 aliphatic carbocycles. The molecule has 3 atom stereocenters. The molecular formula is C17H18ClNO2. The highest BCUT2D eigenvalue weighted by Gasteiger charge is 2.55. The predicted octanol–water partition coefficient (Wildman–Crippen LogP) is 3.48. The summed E-state index contributed by atoms with van der Waals surface area (Å²) in [6, 6.07) is 8.01. The van der Waals surface area contributed by atoms with Crippen LogP contribution in [0.4, 0.5) is 0 Å². The Morgan fingerprint density at radius 1 is 1.19 bits per heavy atom. The molecule has 110 valence electrons. The number of hydrogen-bond acceptors (Lipinski definition) is 2. The Labute approximate surface area is 129 Å². The molecule has 0 unspecified atom stereocenters. The summed E-state index contributed by atoms with van der Waals surface area (Å²) >= 11 is 6.00. The molecule has 0 radical (unpaired) electrons. The van der Waals surface area contributed by atoms with E-state index in [0.29, 0.717) is 17.4 Å². The summed E-state index contributed by atoms with van der Waals surface area (Å²) in [6.45, 7) is 0.724. The highest BCUT2D eigenvalue weighted by Crippen LogP contribution is 2.48. The first-order chi connectivity index (χ1) is 10.2. The van der Waals surface area contributed by atoms with Crippen molar-refractivity contribution < 1.29 is 9.53 Å². The summed E-state index contributed by atoms with van der Waals surface area (Å²) in [5.74, 6) is 0.646. The van der Waals surface area contributed by atoms with Crippen molar-refractivity contribution in [2.45, 2.75) is 37.5 Å². The first kappa shape index (κ1) is 13.4. The molecule has 2 fully saturated rings. The second-order valence-electron chi connectivity index (χ2n) is 6.14. The van der Waals surface area contributed by atoms with Crippen LogP contribution in [0.1, 0.15) is 31.2 Å². The molecule has 3 aliphatic rings. The molecule has 0 aromatic heterocycles. The fourth-order valence-electron chi connectivity index (χ4n) is 3.99. The number of amides is 1. The van der Waals surface area contributed by atoms with Crippen molar-refractivity contribution in [3.8, 4) is 0 Å². The number of carbonyl (C=O) groups excluding carboxylic acids is 1. The van der Waals surface area contributed by atoms with Crippen LogP contribution in [-0.4, -0.2) is 23.5 Å². The van der Waals surface area contributed by atoms with Crippen LogP contribution in [0.3, 0.4) is 0 Å². The van der Waals surface area contributed by atoms with E-state index in [4.69, 9.17) is 16.3 Å². The maximum absolute atomic E-state index is 12.5. The molecule has 0 bridgehead atoms. The molecule has 2 aliphatic heterocycles. The van der Waals surface area contributed by atoms with Crippen molar-refractivity contribution in [3.05, 3.63) is 47.0 Å². The number of carbonyl (C=O) groups is 1. The predicted molar refractivity (Wildman–Crippen MR) is 80.8 cm³/mol. The van der Waals surface area contributed by atoms with E-state index in [9.17, 15) is 4.79 Å². The van der Waals surface area contributed by atoms with Crippen LogP contribution in [0.15, 0.2) is 36.4 Å². The van der Waals surface area contributed by atoms with Crippen molar-refractivity contribution in [1.29, 1.82) is 0 Å². The van der Waals surface area contributed by atoms with Crippen LogP contribution in [0.25, 0.3) is 0 Å². The lowest BCUT2D eigenvalue weighted by molar-refractivity contribution is -0.216. The molecule has 3 nitrogen and oxygen atoms in total. The first-order valence-corrected chi connectivity index (χ1v) is 7.96. The molecule has 1 aromatic rings. The fraction of sp³-hybridized carbons (Fsp3) is 0.471. The van der Waals surface area contributed by atoms with E-state index in [1.807, 2.05) is 29.2 Å². The lowest BCUT2D eigenvalue weighted by Crippen LogP contribution is -2.59. The Bertz CT molecular complexity index is 597. The summed E-state index contributed by atoms with van der Waals surface area (Å²) in [4.78, 5) is 14.5. The van der Waals surface area contributed by atoms with Gasteiger partial charge in [0.15, 0.2) is 5.72 Å². The molecule has 4 rings (SSSR count). The van der Waals surface area contributed by atoms with Gasteiger partial charge in [0.2, 0.25) is 5.91 Å². The van der Waals surface area contributed by atoms with Crippen molar-refractivity contribution >= 4 is 17.5 Å². The van der Waals surface area contributed by atoms with Crippen molar-refractivity contribution in [2.75, 3.05) is 6.61 Å². The maximum Gasteiger partial charge on any atom is 0.225 e.